The maximum atomic E-state index is 12.5. The number of alkyl halides is 3. The van der Waals surface area contributed by atoms with Gasteiger partial charge in [0.25, 0.3) is 0 Å². The van der Waals surface area contributed by atoms with Crippen LogP contribution in [-0.4, -0.2) is 5.11 Å². The van der Waals surface area contributed by atoms with Gasteiger partial charge in [0.2, 0.25) is 0 Å². The molecule has 1 atom stereocenters. The minimum atomic E-state index is -4.32. The van der Waals surface area contributed by atoms with E-state index in [9.17, 15) is 18.3 Å². The van der Waals surface area contributed by atoms with Gasteiger partial charge in [0, 0.05) is 0 Å². The lowest BCUT2D eigenvalue weighted by Crippen LogP contribution is -2.13. The van der Waals surface area contributed by atoms with Crippen molar-refractivity contribution in [3.05, 3.63) is 35.4 Å². The molecule has 0 aliphatic rings. The number of halogens is 3. The Hall–Kier alpha value is -1.03. The van der Waals surface area contributed by atoms with Crippen molar-refractivity contribution >= 4 is 0 Å². The van der Waals surface area contributed by atoms with Crippen LogP contribution < -0.4 is 0 Å². The molecule has 108 valence electrons. The van der Waals surface area contributed by atoms with E-state index in [-0.39, 0.29) is 5.92 Å². The largest absolute Gasteiger partial charge is 0.416 e. The van der Waals surface area contributed by atoms with Crippen molar-refractivity contribution in [2.75, 3.05) is 0 Å². The van der Waals surface area contributed by atoms with Gasteiger partial charge in [-0.15, -0.1) is 0 Å². The highest BCUT2D eigenvalue weighted by molar-refractivity contribution is 5.26. The van der Waals surface area contributed by atoms with Crippen LogP contribution in [0.2, 0.25) is 0 Å². The molecule has 0 amide bonds. The van der Waals surface area contributed by atoms with Crippen LogP contribution in [0.25, 0.3) is 0 Å². The van der Waals surface area contributed by atoms with Gasteiger partial charge in [0.05, 0.1) is 11.7 Å². The van der Waals surface area contributed by atoms with Crippen LogP contribution in [0, 0.1) is 5.92 Å². The van der Waals surface area contributed by atoms with Gasteiger partial charge in [-0.3, -0.25) is 0 Å². The Morgan fingerprint density at radius 2 is 1.47 bits per heavy atom. The molecule has 0 aromatic heterocycles. The highest BCUT2D eigenvalue weighted by atomic mass is 19.4. The molecule has 0 spiro atoms. The molecule has 0 heterocycles. The molecule has 1 nitrogen and oxygen atoms in total. The Morgan fingerprint density at radius 3 is 1.84 bits per heavy atom. The molecule has 1 aromatic rings. The Labute approximate surface area is 112 Å². The predicted octanol–water partition coefficient (Wildman–Crippen LogP) is 4.96. The zero-order valence-corrected chi connectivity index (χ0v) is 11.4. The Balaban J connectivity index is 2.83. The minimum Gasteiger partial charge on any atom is -0.388 e. The number of aliphatic hydroxyl groups is 1. The SMILES string of the molecule is CCCC(CCC)C(O)c1ccc(C(F)(F)F)cc1. The van der Waals surface area contributed by atoms with Crippen molar-refractivity contribution in [3.8, 4) is 0 Å². The summed E-state index contributed by atoms with van der Waals surface area (Å²) >= 11 is 0. The third-order valence-corrected chi connectivity index (χ3v) is 3.34. The van der Waals surface area contributed by atoms with E-state index in [0.29, 0.717) is 5.56 Å². The summed E-state index contributed by atoms with van der Waals surface area (Å²) in [5.41, 5.74) is -0.106. The van der Waals surface area contributed by atoms with Crippen molar-refractivity contribution in [2.45, 2.75) is 51.8 Å². The van der Waals surface area contributed by atoms with E-state index in [0.717, 1.165) is 37.8 Å². The molecule has 19 heavy (non-hydrogen) atoms. The van der Waals surface area contributed by atoms with Gasteiger partial charge in [0.15, 0.2) is 0 Å². The van der Waals surface area contributed by atoms with Gasteiger partial charge in [-0.1, -0.05) is 38.8 Å². The number of hydrogen-bond acceptors (Lipinski definition) is 1. The molecule has 0 radical (unpaired) electrons. The molecular weight excluding hydrogens is 253 g/mol. The van der Waals surface area contributed by atoms with E-state index in [1.807, 2.05) is 13.8 Å². The summed E-state index contributed by atoms with van der Waals surface area (Å²) in [7, 11) is 0. The second kappa shape index (κ2) is 6.94. The first-order valence-electron chi connectivity index (χ1n) is 6.75. The normalized spacial score (nSPS) is 13.8. The molecule has 1 N–H and O–H groups in total. The maximum absolute atomic E-state index is 12.5. The Bertz CT molecular complexity index is 364. The molecule has 1 unspecified atom stereocenters. The number of benzene rings is 1. The van der Waals surface area contributed by atoms with E-state index in [1.54, 1.807) is 0 Å². The van der Waals surface area contributed by atoms with Crippen LogP contribution in [0.15, 0.2) is 24.3 Å². The quantitative estimate of drug-likeness (QED) is 0.777. The summed E-state index contributed by atoms with van der Waals surface area (Å²) in [6.45, 7) is 4.09. The van der Waals surface area contributed by atoms with E-state index in [1.165, 1.54) is 12.1 Å². The maximum Gasteiger partial charge on any atom is 0.416 e. The zero-order chi connectivity index (χ0) is 14.5. The standard InChI is InChI=1S/C15H21F3O/c1-3-5-11(6-4-2)14(19)12-7-9-13(10-8-12)15(16,17)18/h7-11,14,19H,3-6H2,1-2H3. The predicted molar refractivity (Wildman–Crippen MR) is 69.7 cm³/mol. The average molecular weight is 274 g/mol. The first-order chi connectivity index (χ1) is 8.90. The molecule has 0 saturated carbocycles. The van der Waals surface area contributed by atoms with Crippen molar-refractivity contribution in [1.29, 1.82) is 0 Å². The van der Waals surface area contributed by atoms with Gasteiger partial charge in [-0.05, 0) is 36.5 Å². The first-order valence-corrected chi connectivity index (χ1v) is 6.75. The van der Waals surface area contributed by atoms with Gasteiger partial charge >= 0.3 is 6.18 Å². The van der Waals surface area contributed by atoms with Crippen LogP contribution in [0.4, 0.5) is 13.2 Å². The summed E-state index contributed by atoms with van der Waals surface area (Å²) in [6.07, 6.45) is -1.31. The highest BCUT2D eigenvalue weighted by Gasteiger charge is 2.30. The van der Waals surface area contributed by atoms with Crippen molar-refractivity contribution < 1.29 is 18.3 Å². The molecule has 0 bridgehead atoms. The lowest BCUT2D eigenvalue weighted by Gasteiger charge is -2.22. The Morgan fingerprint density at radius 1 is 1.00 bits per heavy atom. The monoisotopic (exact) mass is 274 g/mol. The van der Waals surface area contributed by atoms with E-state index < -0.39 is 17.8 Å². The number of hydrogen-bond donors (Lipinski definition) is 1. The van der Waals surface area contributed by atoms with Gasteiger partial charge in [0.1, 0.15) is 0 Å². The van der Waals surface area contributed by atoms with Crippen molar-refractivity contribution in [3.63, 3.8) is 0 Å². The third-order valence-electron chi connectivity index (χ3n) is 3.34. The highest BCUT2D eigenvalue weighted by Crippen LogP contribution is 2.33. The van der Waals surface area contributed by atoms with Crippen LogP contribution in [0.3, 0.4) is 0 Å². The molecule has 1 aromatic carbocycles. The topological polar surface area (TPSA) is 20.2 Å². The minimum absolute atomic E-state index is 0.117. The number of aliphatic hydroxyl groups excluding tert-OH is 1. The second-order valence-corrected chi connectivity index (χ2v) is 4.90. The fraction of sp³-hybridized carbons (Fsp3) is 0.600. The van der Waals surface area contributed by atoms with Crippen LogP contribution >= 0.6 is 0 Å². The molecule has 4 heteroatoms. The summed E-state index contributed by atoms with van der Waals surface area (Å²) in [4.78, 5) is 0. The lowest BCUT2D eigenvalue weighted by molar-refractivity contribution is -0.137. The second-order valence-electron chi connectivity index (χ2n) is 4.90. The van der Waals surface area contributed by atoms with Crippen LogP contribution in [0.5, 0.6) is 0 Å². The summed E-state index contributed by atoms with van der Waals surface area (Å²) in [5, 5.41) is 10.3. The van der Waals surface area contributed by atoms with Gasteiger partial charge < -0.3 is 5.11 Å². The van der Waals surface area contributed by atoms with Crippen LogP contribution in [-0.2, 0) is 6.18 Å². The molecule has 0 saturated heterocycles. The van der Waals surface area contributed by atoms with Gasteiger partial charge in [-0.2, -0.15) is 13.2 Å². The third kappa shape index (κ3) is 4.53. The molecule has 0 aliphatic carbocycles. The molecule has 0 fully saturated rings. The van der Waals surface area contributed by atoms with E-state index in [4.69, 9.17) is 0 Å². The lowest BCUT2D eigenvalue weighted by atomic mass is 9.88. The van der Waals surface area contributed by atoms with Crippen LogP contribution in [0.1, 0.15) is 56.8 Å². The smallest absolute Gasteiger partial charge is 0.388 e. The van der Waals surface area contributed by atoms with Crippen molar-refractivity contribution in [1.82, 2.24) is 0 Å². The fourth-order valence-electron chi connectivity index (χ4n) is 2.34. The van der Waals surface area contributed by atoms with Gasteiger partial charge in [-0.25, -0.2) is 0 Å². The fourth-order valence-corrected chi connectivity index (χ4v) is 2.34. The molecule has 1 rings (SSSR count). The Kier molecular flexibility index (Phi) is 5.85. The average Bonchev–Trinajstić information content (AvgIpc) is 2.37. The summed E-state index contributed by atoms with van der Waals surface area (Å²) in [5.74, 6) is 0.117. The molecular formula is C15H21F3O. The zero-order valence-electron chi connectivity index (χ0n) is 11.4. The van der Waals surface area contributed by atoms with E-state index >= 15 is 0 Å². The van der Waals surface area contributed by atoms with Crippen molar-refractivity contribution in [2.24, 2.45) is 5.92 Å². The first kappa shape index (κ1) is 16.0. The van der Waals surface area contributed by atoms with E-state index in [2.05, 4.69) is 0 Å². The summed E-state index contributed by atoms with van der Waals surface area (Å²) in [6, 6.07) is 4.83. The number of rotatable bonds is 6. The summed E-state index contributed by atoms with van der Waals surface area (Å²) < 4.78 is 37.4. The molecule has 0 aliphatic heterocycles.